The Bertz CT molecular complexity index is 993. The Morgan fingerprint density at radius 2 is 2.00 bits per heavy atom. The minimum atomic E-state index is -0.539. The number of aromatic nitrogens is 1. The third-order valence-corrected chi connectivity index (χ3v) is 5.89. The number of allylic oxidation sites excluding steroid dienone is 4. The van der Waals surface area contributed by atoms with E-state index in [1.165, 1.54) is 5.70 Å². The average molecular weight is 405 g/mol. The van der Waals surface area contributed by atoms with E-state index in [1.54, 1.807) is 37.4 Å². The molecule has 2 heterocycles. The number of pyridine rings is 1. The number of fused-ring (bicyclic) bond motifs is 1. The molecule has 6 nitrogen and oxygen atoms in total. The number of rotatable bonds is 4. The molecule has 0 saturated carbocycles. The first-order valence-electron chi connectivity index (χ1n) is 10.3. The van der Waals surface area contributed by atoms with Crippen LogP contribution in [0.5, 0.6) is 0 Å². The summed E-state index contributed by atoms with van der Waals surface area (Å²) < 4.78 is 0. The molecule has 6 heteroatoms. The molecule has 0 radical (unpaired) electrons. The molecule has 4 rings (SSSR count). The normalized spacial score (nSPS) is 20.3. The van der Waals surface area contributed by atoms with Crippen LogP contribution in [0.25, 0.3) is 0 Å². The Balaban J connectivity index is 1.53. The Hall–Kier alpha value is -3.12. The summed E-state index contributed by atoms with van der Waals surface area (Å²) in [6.45, 7) is 7.12. The Morgan fingerprint density at radius 3 is 2.73 bits per heavy atom. The van der Waals surface area contributed by atoms with Crippen molar-refractivity contribution in [1.82, 2.24) is 4.98 Å². The Labute approximate surface area is 177 Å². The lowest BCUT2D eigenvalue weighted by molar-refractivity contribution is 0.199. The van der Waals surface area contributed by atoms with Crippen molar-refractivity contribution in [3.05, 3.63) is 72.1 Å². The molecule has 2 aromatic rings. The van der Waals surface area contributed by atoms with Crippen LogP contribution in [0.1, 0.15) is 38.9 Å². The van der Waals surface area contributed by atoms with Gasteiger partial charge in [-0.1, -0.05) is 38.1 Å². The van der Waals surface area contributed by atoms with E-state index < -0.39 is 6.10 Å². The molecule has 2 unspecified atom stereocenters. The van der Waals surface area contributed by atoms with Gasteiger partial charge < -0.3 is 20.6 Å². The number of carbonyl (C=O) groups excluding carboxylic acids is 1. The van der Waals surface area contributed by atoms with E-state index in [-0.39, 0.29) is 11.4 Å². The van der Waals surface area contributed by atoms with Gasteiger partial charge in [-0.2, -0.15) is 0 Å². The van der Waals surface area contributed by atoms with E-state index in [0.717, 1.165) is 24.3 Å². The van der Waals surface area contributed by atoms with E-state index in [4.69, 9.17) is 0 Å². The predicted molar refractivity (Wildman–Crippen MR) is 120 cm³/mol. The molecule has 1 aliphatic heterocycles. The van der Waals surface area contributed by atoms with Crippen molar-refractivity contribution in [2.45, 2.75) is 33.3 Å². The van der Waals surface area contributed by atoms with E-state index >= 15 is 0 Å². The lowest BCUT2D eigenvalue weighted by Crippen LogP contribution is -2.26. The first-order valence-corrected chi connectivity index (χ1v) is 10.3. The number of amides is 2. The number of anilines is 3. The second-order valence-electron chi connectivity index (χ2n) is 8.63. The second-order valence-corrected chi connectivity index (χ2v) is 8.63. The van der Waals surface area contributed by atoms with Gasteiger partial charge in [0.25, 0.3) is 0 Å². The molecule has 2 amide bonds. The maximum absolute atomic E-state index is 12.6. The molecule has 30 heavy (non-hydrogen) atoms. The zero-order chi connectivity index (χ0) is 21.3. The molecule has 1 saturated heterocycles. The maximum Gasteiger partial charge on any atom is 0.323 e. The highest BCUT2D eigenvalue weighted by Crippen LogP contribution is 2.48. The van der Waals surface area contributed by atoms with Crippen molar-refractivity contribution in [2.24, 2.45) is 11.3 Å². The third-order valence-electron chi connectivity index (χ3n) is 5.89. The Morgan fingerprint density at radius 1 is 1.23 bits per heavy atom. The van der Waals surface area contributed by atoms with Crippen molar-refractivity contribution in [2.75, 3.05) is 22.1 Å². The average Bonchev–Trinajstić information content (AvgIpc) is 3.00. The molecule has 2 atom stereocenters. The molecule has 1 aromatic carbocycles. The number of hydrogen-bond donors (Lipinski definition) is 3. The van der Waals surface area contributed by atoms with E-state index in [9.17, 15) is 9.90 Å². The van der Waals surface area contributed by atoms with Gasteiger partial charge in [0.2, 0.25) is 0 Å². The molecule has 0 spiro atoms. The van der Waals surface area contributed by atoms with Crippen LogP contribution < -0.4 is 15.5 Å². The van der Waals surface area contributed by atoms with Crippen LogP contribution in [0.4, 0.5) is 22.0 Å². The number of aliphatic hydroxyl groups excluding tert-OH is 1. The molecule has 1 aliphatic carbocycles. The Kier molecular flexibility index (Phi) is 5.35. The van der Waals surface area contributed by atoms with Crippen LogP contribution in [0.2, 0.25) is 0 Å². The fourth-order valence-corrected chi connectivity index (χ4v) is 4.26. The molecule has 156 valence electrons. The fraction of sp³-hybridized carbons (Fsp3) is 0.333. The van der Waals surface area contributed by atoms with Gasteiger partial charge in [0.15, 0.2) is 5.82 Å². The first kappa shape index (κ1) is 20.2. The van der Waals surface area contributed by atoms with Crippen molar-refractivity contribution in [3.8, 4) is 0 Å². The van der Waals surface area contributed by atoms with E-state index in [2.05, 4.69) is 52.6 Å². The van der Waals surface area contributed by atoms with Crippen molar-refractivity contribution < 1.29 is 9.90 Å². The monoisotopic (exact) mass is 404 g/mol. The molecule has 1 aromatic heterocycles. The zero-order valence-corrected chi connectivity index (χ0v) is 17.6. The minimum Gasteiger partial charge on any atom is -0.389 e. The predicted octanol–water partition coefficient (Wildman–Crippen LogP) is 5.09. The summed E-state index contributed by atoms with van der Waals surface area (Å²) in [5.41, 5.74) is 3.50. The van der Waals surface area contributed by atoms with Gasteiger partial charge in [0, 0.05) is 30.0 Å². The lowest BCUT2D eigenvalue weighted by Gasteiger charge is -2.25. The summed E-state index contributed by atoms with van der Waals surface area (Å²) in [6.07, 6.45) is 8.71. The van der Waals surface area contributed by atoms with Crippen LogP contribution >= 0.6 is 0 Å². The highest BCUT2D eigenvalue weighted by atomic mass is 16.3. The summed E-state index contributed by atoms with van der Waals surface area (Å²) in [4.78, 5) is 19.5. The maximum atomic E-state index is 12.6. The summed E-state index contributed by atoms with van der Waals surface area (Å²) in [6, 6.07) is 10.5. The van der Waals surface area contributed by atoms with Crippen LogP contribution in [0.3, 0.4) is 0 Å². The van der Waals surface area contributed by atoms with E-state index in [0.29, 0.717) is 17.3 Å². The second kappa shape index (κ2) is 7.95. The molecular formula is C24H28N4O2. The fourth-order valence-electron chi connectivity index (χ4n) is 4.26. The first-order chi connectivity index (χ1) is 14.3. The number of benzene rings is 1. The SMILES string of the molecule is CC(O)c1ccc(NC(=O)Nc2cccnc2N2CC(C)(C)C3CC=CC=C32)cc1. The minimum absolute atomic E-state index is 0.124. The number of nitrogens with zero attached hydrogens (tertiary/aromatic N) is 2. The summed E-state index contributed by atoms with van der Waals surface area (Å²) in [5, 5.41) is 15.4. The highest BCUT2D eigenvalue weighted by Gasteiger charge is 2.44. The van der Waals surface area contributed by atoms with Gasteiger partial charge in [0.05, 0.1) is 11.8 Å². The van der Waals surface area contributed by atoms with Crippen LogP contribution in [0, 0.1) is 11.3 Å². The van der Waals surface area contributed by atoms with E-state index in [1.807, 2.05) is 12.1 Å². The number of nitrogens with one attached hydrogen (secondary N) is 2. The summed E-state index contributed by atoms with van der Waals surface area (Å²) in [7, 11) is 0. The van der Waals surface area contributed by atoms with Crippen molar-refractivity contribution in [1.29, 1.82) is 0 Å². The van der Waals surface area contributed by atoms with Gasteiger partial charge in [-0.15, -0.1) is 0 Å². The quantitative estimate of drug-likeness (QED) is 0.664. The standard InChI is InChI=1S/C24H28N4O2/c1-16(29)17-10-12-18(13-11-17)26-23(30)27-20-8-6-14-25-22(20)28-15-24(2,3)19-7-4-5-9-21(19)28/h4-6,8-14,16,19,29H,7,15H2,1-3H3,(H2,26,27,30). The van der Waals surface area contributed by atoms with Gasteiger partial charge in [-0.05, 0) is 54.7 Å². The van der Waals surface area contributed by atoms with Crippen molar-refractivity contribution >= 4 is 23.2 Å². The van der Waals surface area contributed by atoms with Crippen LogP contribution in [-0.4, -0.2) is 22.7 Å². The number of aliphatic hydroxyl groups is 1. The smallest absolute Gasteiger partial charge is 0.323 e. The number of carbonyl (C=O) groups is 1. The molecule has 1 fully saturated rings. The van der Waals surface area contributed by atoms with Gasteiger partial charge in [-0.25, -0.2) is 9.78 Å². The highest BCUT2D eigenvalue weighted by molar-refractivity contribution is 6.01. The molecule has 3 N–H and O–H groups in total. The zero-order valence-electron chi connectivity index (χ0n) is 17.6. The molecule has 2 aliphatic rings. The lowest BCUT2D eigenvalue weighted by atomic mass is 9.77. The van der Waals surface area contributed by atoms with Gasteiger partial charge in [0.1, 0.15) is 0 Å². The summed E-state index contributed by atoms with van der Waals surface area (Å²) >= 11 is 0. The molecule has 0 bridgehead atoms. The molecular weight excluding hydrogens is 376 g/mol. The summed E-state index contributed by atoms with van der Waals surface area (Å²) in [5.74, 6) is 1.20. The van der Waals surface area contributed by atoms with Gasteiger partial charge >= 0.3 is 6.03 Å². The largest absolute Gasteiger partial charge is 0.389 e. The van der Waals surface area contributed by atoms with Crippen LogP contribution in [0.15, 0.2) is 66.5 Å². The topological polar surface area (TPSA) is 77.5 Å². The van der Waals surface area contributed by atoms with Gasteiger partial charge in [-0.3, -0.25) is 0 Å². The van der Waals surface area contributed by atoms with Crippen LogP contribution in [-0.2, 0) is 0 Å². The number of hydrogen-bond acceptors (Lipinski definition) is 4. The number of urea groups is 1. The third kappa shape index (κ3) is 3.96. The van der Waals surface area contributed by atoms with Crippen molar-refractivity contribution in [3.63, 3.8) is 0 Å².